The molecule has 0 unspecified atom stereocenters. The molecule has 0 radical (unpaired) electrons. The van der Waals surface area contributed by atoms with Crippen molar-refractivity contribution >= 4 is 24.6 Å². The van der Waals surface area contributed by atoms with Crippen LogP contribution in [0.5, 0.6) is 0 Å². The quantitative estimate of drug-likeness (QED) is 0.126. The first kappa shape index (κ1) is 43.8. The average Bonchev–Trinajstić information content (AvgIpc) is 3.05. The maximum absolute atomic E-state index is 12.3. The van der Waals surface area contributed by atoms with E-state index in [1.54, 1.807) is 0 Å². The minimum absolute atomic E-state index is 0.0833. The van der Waals surface area contributed by atoms with E-state index in [0.717, 1.165) is 36.1 Å². The van der Waals surface area contributed by atoms with E-state index in [4.69, 9.17) is 9.90 Å². The molecule has 0 aromatic heterocycles. The Balaban J connectivity index is 0. The number of ketones is 1. The normalized spacial score (nSPS) is 10.4. The summed E-state index contributed by atoms with van der Waals surface area (Å²) in [5.41, 5.74) is 7.83. The second-order valence-corrected chi connectivity index (χ2v) is 10.7. The molecule has 3 rings (SSSR count). The number of nitrogens with one attached hydrogen (secondary N) is 1. The zero-order valence-corrected chi connectivity index (χ0v) is 29.6. The summed E-state index contributed by atoms with van der Waals surface area (Å²) < 4.78 is 0. The molecular formula is C41H57NO4. The number of Topliss-reactive ketones (excluding diaryl/α,β-unsaturated/α-hetero) is 1. The standard InChI is InChI=1S/C21H22O.C12H17N.C5H10O2.C2H6.CH2O/c1-16-8-12-19(13-9-16)7-5-4-6-18(3)21(22)20-14-10-17(2)11-15-20;1-3-4-6-11-7-5-8-12(9-11)10-13-2;1-4(2)3-5(6)7;2*1-2/h4-6,8-15H,7H2,1-3H3;4-9,13H,3,10H2,1-2H3;4H,3H2,1-2H3,(H,6,7);1-2H3;1H2/b5-4+,18-6+;6-4+;;;. The molecule has 0 aliphatic rings. The van der Waals surface area contributed by atoms with Gasteiger partial charge in [0.05, 0.1) is 0 Å². The maximum Gasteiger partial charge on any atom is 0.303 e. The van der Waals surface area contributed by atoms with Gasteiger partial charge in [0.2, 0.25) is 0 Å². The first-order valence-electron chi connectivity index (χ1n) is 16.0. The van der Waals surface area contributed by atoms with Crippen LogP contribution in [-0.2, 0) is 22.6 Å². The summed E-state index contributed by atoms with van der Waals surface area (Å²) in [5, 5.41) is 11.2. The largest absolute Gasteiger partial charge is 0.481 e. The Morgan fingerprint density at radius 1 is 0.870 bits per heavy atom. The molecule has 5 heteroatoms. The molecule has 0 bridgehead atoms. The molecule has 2 N–H and O–H groups in total. The lowest BCUT2D eigenvalue weighted by Gasteiger charge is -2.01. The predicted molar refractivity (Wildman–Crippen MR) is 197 cm³/mol. The minimum Gasteiger partial charge on any atom is -0.481 e. The number of benzene rings is 3. The van der Waals surface area contributed by atoms with Crippen molar-refractivity contribution in [2.24, 2.45) is 5.92 Å². The lowest BCUT2D eigenvalue weighted by molar-refractivity contribution is -0.137. The predicted octanol–water partition coefficient (Wildman–Crippen LogP) is 10.0. The molecule has 0 heterocycles. The van der Waals surface area contributed by atoms with Gasteiger partial charge in [-0.3, -0.25) is 9.59 Å². The van der Waals surface area contributed by atoms with Gasteiger partial charge in [-0.15, -0.1) is 0 Å². The monoisotopic (exact) mass is 627 g/mol. The molecule has 0 spiro atoms. The van der Waals surface area contributed by atoms with Crippen molar-refractivity contribution in [2.45, 2.75) is 81.2 Å². The first-order valence-corrected chi connectivity index (χ1v) is 16.0. The fourth-order valence-electron chi connectivity index (χ4n) is 3.76. The van der Waals surface area contributed by atoms with E-state index in [9.17, 15) is 9.59 Å². The van der Waals surface area contributed by atoms with E-state index in [1.165, 1.54) is 22.3 Å². The van der Waals surface area contributed by atoms with Crippen molar-refractivity contribution in [1.82, 2.24) is 5.32 Å². The van der Waals surface area contributed by atoms with E-state index in [-0.39, 0.29) is 18.1 Å². The van der Waals surface area contributed by atoms with Crippen LogP contribution >= 0.6 is 0 Å². The fraction of sp³-hybridized carbons (Fsp3) is 0.341. The highest BCUT2D eigenvalue weighted by atomic mass is 16.4. The van der Waals surface area contributed by atoms with Gasteiger partial charge in [0, 0.05) is 18.5 Å². The van der Waals surface area contributed by atoms with Gasteiger partial charge in [-0.2, -0.15) is 0 Å². The number of allylic oxidation sites excluding steroid dienone is 5. The first-order chi connectivity index (χ1) is 22.0. The van der Waals surface area contributed by atoms with Crippen molar-refractivity contribution in [2.75, 3.05) is 7.05 Å². The van der Waals surface area contributed by atoms with Gasteiger partial charge in [0.1, 0.15) is 6.79 Å². The van der Waals surface area contributed by atoms with Gasteiger partial charge in [-0.1, -0.05) is 149 Å². The smallest absolute Gasteiger partial charge is 0.303 e. The Bertz CT molecular complexity index is 1320. The Morgan fingerprint density at radius 3 is 1.91 bits per heavy atom. The molecule has 5 nitrogen and oxygen atoms in total. The summed E-state index contributed by atoms with van der Waals surface area (Å²) in [6.07, 6.45) is 12.5. The highest BCUT2D eigenvalue weighted by Gasteiger charge is 2.06. The fourth-order valence-corrected chi connectivity index (χ4v) is 3.76. The highest BCUT2D eigenvalue weighted by molar-refractivity contribution is 6.08. The third-order valence-electron chi connectivity index (χ3n) is 6.09. The molecule has 0 saturated heterocycles. The van der Waals surface area contributed by atoms with Gasteiger partial charge >= 0.3 is 5.97 Å². The molecule has 46 heavy (non-hydrogen) atoms. The molecule has 0 fully saturated rings. The van der Waals surface area contributed by atoms with Gasteiger partial charge < -0.3 is 15.2 Å². The highest BCUT2D eigenvalue weighted by Crippen LogP contribution is 2.11. The number of rotatable bonds is 11. The van der Waals surface area contributed by atoms with E-state index in [2.05, 4.69) is 85.9 Å². The number of hydrogen-bond donors (Lipinski definition) is 2. The van der Waals surface area contributed by atoms with Crippen molar-refractivity contribution in [3.05, 3.63) is 136 Å². The minimum atomic E-state index is -0.713. The van der Waals surface area contributed by atoms with Crippen LogP contribution in [0, 0.1) is 19.8 Å². The number of aliphatic carboxylic acids is 1. The van der Waals surface area contributed by atoms with Crippen LogP contribution < -0.4 is 5.32 Å². The van der Waals surface area contributed by atoms with Crippen molar-refractivity contribution in [3.8, 4) is 0 Å². The molecule has 0 amide bonds. The number of carbonyl (C=O) groups is 3. The number of aryl methyl sites for hydroxylation is 2. The van der Waals surface area contributed by atoms with Gasteiger partial charge in [-0.05, 0) is 68.8 Å². The molecule has 0 atom stereocenters. The zero-order chi connectivity index (χ0) is 35.3. The number of carboxylic acids is 1. The topological polar surface area (TPSA) is 83.5 Å². The summed E-state index contributed by atoms with van der Waals surface area (Å²) in [6.45, 7) is 18.8. The number of carbonyl (C=O) groups excluding carboxylic acids is 2. The van der Waals surface area contributed by atoms with Crippen molar-refractivity contribution in [3.63, 3.8) is 0 Å². The SMILES string of the molecule is C/C(=C\C=C\Cc1ccc(C)cc1)C(=O)c1ccc(C)cc1.C=O.CC.CC(C)CC(=O)O.CC/C=C/c1cccc(CNC)c1. The van der Waals surface area contributed by atoms with Crippen LogP contribution in [0.3, 0.4) is 0 Å². The Morgan fingerprint density at radius 2 is 1.43 bits per heavy atom. The summed E-state index contributed by atoms with van der Waals surface area (Å²) in [7, 11) is 1.97. The van der Waals surface area contributed by atoms with Crippen LogP contribution in [0.25, 0.3) is 6.08 Å². The number of carboxylic acid groups (broad SMARTS) is 1. The van der Waals surface area contributed by atoms with Crippen LogP contribution in [0.15, 0.2) is 103 Å². The molecular weight excluding hydrogens is 570 g/mol. The number of hydrogen-bond acceptors (Lipinski definition) is 4. The van der Waals surface area contributed by atoms with E-state index in [1.807, 2.05) is 91.8 Å². The lowest BCUT2D eigenvalue weighted by Crippen LogP contribution is -2.04. The summed E-state index contributed by atoms with van der Waals surface area (Å²) >= 11 is 0. The van der Waals surface area contributed by atoms with Gasteiger partial charge in [0.15, 0.2) is 5.78 Å². The van der Waals surface area contributed by atoms with Crippen LogP contribution in [-0.4, -0.2) is 30.7 Å². The van der Waals surface area contributed by atoms with E-state index >= 15 is 0 Å². The molecule has 0 aliphatic heterocycles. The molecule has 3 aromatic rings. The van der Waals surface area contributed by atoms with Gasteiger partial charge in [-0.25, -0.2) is 0 Å². The molecule has 0 aliphatic carbocycles. The Labute approximate surface area is 279 Å². The summed E-state index contributed by atoms with van der Waals surface area (Å²) in [4.78, 5) is 30.1. The van der Waals surface area contributed by atoms with Crippen LogP contribution in [0.2, 0.25) is 0 Å². The second-order valence-electron chi connectivity index (χ2n) is 10.7. The third kappa shape index (κ3) is 22.2. The Hall–Kier alpha value is -4.35. The maximum atomic E-state index is 12.3. The Kier molecular flexibility index (Phi) is 26.8. The van der Waals surface area contributed by atoms with Crippen LogP contribution in [0.4, 0.5) is 0 Å². The molecule has 3 aromatic carbocycles. The van der Waals surface area contributed by atoms with Crippen molar-refractivity contribution in [1.29, 1.82) is 0 Å². The van der Waals surface area contributed by atoms with Crippen LogP contribution in [0.1, 0.15) is 92.6 Å². The van der Waals surface area contributed by atoms with Crippen molar-refractivity contribution < 1.29 is 19.5 Å². The summed E-state index contributed by atoms with van der Waals surface area (Å²) in [6, 6.07) is 24.8. The second kappa shape index (κ2) is 28.1. The summed E-state index contributed by atoms with van der Waals surface area (Å²) in [5.74, 6) is -0.354. The third-order valence-corrected chi connectivity index (χ3v) is 6.09. The lowest BCUT2D eigenvalue weighted by atomic mass is 10.0. The van der Waals surface area contributed by atoms with E-state index in [0.29, 0.717) is 0 Å². The molecule has 250 valence electrons. The van der Waals surface area contributed by atoms with Gasteiger partial charge in [0.25, 0.3) is 0 Å². The molecule has 0 saturated carbocycles. The average molecular weight is 628 g/mol. The zero-order valence-electron chi connectivity index (χ0n) is 29.6. The van der Waals surface area contributed by atoms with E-state index < -0.39 is 5.97 Å².